The third-order valence-corrected chi connectivity index (χ3v) is 3.15. The summed E-state index contributed by atoms with van der Waals surface area (Å²) in [4.78, 5) is 8.78. The number of nitrogens with zero attached hydrogens (tertiary/aromatic N) is 2. The molecule has 0 fully saturated rings. The van der Waals surface area contributed by atoms with E-state index in [-0.39, 0.29) is 11.2 Å². The number of nitrogen functional groups attached to an aromatic ring is 1. The Labute approximate surface area is 121 Å². The molecule has 0 radical (unpaired) electrons. The molecule has 0 spiro atoms. The maximum Gasteiger partial charge on any atom is 0.154 e. The molecule has 0 saturated heterocycles. The summed E-state index contributed by atoms with van der Waals surface area (Å²) in [6, 6.07) is 7.81. The Kier molecular flexibility index (Phi) is 2.93. The highest BCUT2D eigenvalue weighted by atomic mass is 19.1. The first kappa shape index (κ1) is 13.5. The number of hydrogen-bond acceptors (Lipinski definition) is 4. The summed E-state index contributed by atoms with van der Waals surface area (Å²) in [5.74, 6) is 1.28. The van der Waals surface area contributed by atoms with Gasteiger partial charge in [0.05, 0.1) is 0 Å². The quantitative estimate of drug-likeness (QED) is 0.736. The van der Waals surface area contributed by atoms with E-state index in [2.05, 4.69) is 9.97 Å². The molecule has 0 aliphatic heterocycles. The van der Waals surface area contributed by atoms with Crippen LogP contribution in [0.5, 0.6) is 0 Å². The predicted octanol–water partition coefficient (Wildman–Crippen LogP) is 3.91. The Morgan fingerprint density at radius 3 is 2.57 bits per heavy atom. The van der Waals surface area contributed by atoms with E-state index in [4.69, 9.17) is 10.2 Å². The average molecular weight is 285 g/mol. The summed E-state index contributed by atoms with van der Waals surface area (Å²) in [6.07, 6.45) is 0. The maximum atomic E-state index is 13.2. The van der Waals surface area contributed by atoms with Gasteiger partial charge in [0.15, 0.2) is 5.76 Å². The third kappa shape index (κ3) is 2.59. The second kappa shape index (κ2) is 4.55. The lowest BCUT2D eigenvalue weighted by Crippen LogP contribution is -2.17. The lowest BCUT2D eigenvalue weighted by atomic mass is 9.95. The van der Waals surface area contributed by atoms with Gasteiger partial charge < -0.3 is 10.2 Å². The number of furan rings is 1. The highest BCUT2D eigenvalue weighted by molar-refractivity contribution is 5.82. The average Bonchev–Trinajstić information content (AvgIpc) is 2.80. The van der Waals surface area contributed by atoms with Gasteiger partial charge in [-0.2, -0.15) is 0 Å². The number of hydrogen-bond donors (Lipinski definition) is 1. The number of halogens is 1. The molecule has 5 heteroatoms. The molecular formula is C16H16FN3O. The second-order valence-corrected chi connectivity index (χ2v) is 6.04. The molecule has 0 aliphatic rings. The molecule has 0 unspecified atom stereocenters. The number of fused-ring (bicyclic) bond motifs is 1. The molecule has 0 bridgehead atoms. The first-order valence-electron chi connectivity index (χ1n) is 6.67. The summed E-state index contributed by atoms with van der Waals surface area (Å²) in [7, 11) is 0. The summed E-state index contributed by atoms with van der Waals surface area (Å²) in [6.45, 7) is 6.04. The molecule has 2 N–H and O–H groups in total. The van der Waals surface area contributed by atoms with Crippen molar-refractivity contribution in [2.24, 2.45) is 0 Å². The fourth-order valence-corrected chi connectivity index (χ4v) is 2.07. The molecule has 0 aliphatic carbocycles. The van der Waals surface area contributed by atoms with Gasteiger partial charge in [-0.25, -0.2) is 14.4 Å². The molecule has 4 nitrogen and oxygen atoms in total. The lowest BCUT2D eigenvalue weighted by Gasteiger charge is -2.17. The van der Waals surface area contributed by atoms with Crippen LogP contribution in [-0.4, -0.2) is 9.97 Å². The van der Waals surface area contributed by atoms with Crippen LogP contribution in [0.25, 0.3) is 22.4 Å². The van der Waals surface area contributed by atoms with E-state index in [1.807, 2.05) is 20.8 Å². The van der Waals surface area contributed by atoms with Crippen molar-refractivity contribution in [3.63, 3.8) is 0 Å². The van der Waals surface area contributed by atoms with E-state index in [9.17, 15) is 4.39 Å². The zero-order chi connectivity index (χ0) is 15.2. The van der Waals surface area contributed by atoms with E-state index in [1.54, 1.807) is 18.2 Å². The van der Waals surface area contributed by atoms with Crippen molar-refractivity contribution in [1.29, 1.82) is 0 Å². The molecule has 3 rings (SSSR count). The highest BCUT2D eigenvalue weighted by Crippen LogP contribution is 2.29. The van der Waals surface area contributed by atoms with Gasteiger partial charge in [0.1, 0.15) is 28.7 Å². The van der Waals surface area contributed by atoms with Crippen molar-refractivity contribution in [3.8, 4) is 11.5 Å². The summed E-state index contributed by atoms with van der Waals surface area (Å²) in [5.41, 5.74) is 6.85. The van der Waals surface area contributed by atoms with Gasteiger partial charge in [-0.15, -0.1) is 0 Å². The van der Waals surface area contributed by atoms with Crippen LogP contribution in [0.3, 0.4) is 0 Å². The first-order chi connectivity index (χ1) is 9.83. The van der Waals surface area contributed by atoms with Crippen molar-refractivity contribution >= 4 is 16.8 Å². The molecule has 0 saturated carbocycles. The molecule has 2 heterocycles. The van der Waals surface area contributed by atoms with Gasteiger partial charge in [-0.3, -0.25) is 0 Å². The van der Waals surface area contributed by atoms with Gasteiger partial charge in [0.2, 0.25) is 0 Å². The normalized spacial score (nSPS) is 12.0. The summed E-state index contributed by atoms with van der Waals surface area (Å²) >= 11 is 0. The molecule has 1 aromatic carbocycles. The van der Waals surface area contributed by atoms with Crippen LogP contribution in [0.15, 0.2) is 34.7 Å². The van der Waals surface area contributed by atoms with E-state index < -0.39 is 0 Å². The summed E-state index contributed by atoms with van der Waals surface area (Å²) in [5, 5.41) is 0.694. The minimum Gasteiger partial charge on any atom is -0.454 e. The number of benzene rings is 1. The third-order valence-electron chi connectivity index (χ3n) is 3.15. The molecule has 108 valence electrons. The van der Waals surface area contributed by atoms with Gasteiger partial charge >= 0.3 is 0 Å². The molecular weight excluding hydrogens is 269 g/mol. The zero-order valence-electron chi connectivity index (χ0n) is 12.1. The van der Waals surface area contributed by atoms with Crippen LogP contribution < -0.4 is 5.73 Å². The standard InChI is InChI=1S/C16H16FN3O/c1-16(2,3)15-19-11(8-14(18)20-15)13-7-9-6-10(17)4-5-12(9)21-13/h4-8H,1-3H3,(H2,18,19,20). The highest BCUT2D eigenvalue weighted by Gasteiger charge is 2.20. The minimum absolute atomic E-state index is 0.220. The topological polar surface area (TPSA) is 64.9 Å². The van der Waals surface area contributed by atoms with Crippen LogP contribution in [-0.2, 0) is 5.41 Å². The first-order valence-corrected chi connectivity index (χ1v) is 6.67. The van der Waals surface area contributed by atoms with Gasteiger partial charge in [0, 0.05) is 16.9 Å². The van der Waals surface area contributed by atoms with Crippen LogP contribution in [0.4, 0.5) is 10.2 Å². The zero-order valence-corrected chi connectivity index (χ0v) is 12.1. The molecule has 21 heavy (non-hydrogen) atoms. The number of nitrogens with two attached hydrogens (primary N) is 1. The number of anilines is 1. The SMILES string of the molecule is CC(C)(C)c1nc(N)cc(-c2cc3cc(F)ccc3o2)n1. The van der Waals surface area contributed by atoms with Crippen molar-refractivity contribution in [1.82, 2.24) is 9.97 Å². The second-order valence-electron chi connectivity index (χ2n) is 6.04. The Morgan fingerprint density at radius 1 is 1.10 bits per heavy atom. The van der Waals surface area contributed by atoms with Crippen molar-refractivity contribution in [2.75, 3.05) is 5.73 Å². The van der Waals surface area contributed by atoms with E-state index in [1.165, 1.54) is 12.1 Å². The van der Waals surface area contributed by atoms with Crippen molar-refractivity contribution in [3.05, 3.63) is 42.0 Å². The van der Waals surface area contributed by atoms with Crippen molar-refractivity contribution in [2.45, 2.75) is 26.2 Å². The van der Waals surface area contributed by atoms with Gasteiger partial charge in [-0.05, 0) is 24.3 Å². The molecule has 0 atom stereocenters. The summed E-state index contributed by atoms with van der Waals surface area (Å²) < 4.78 is 19.0. The fraction of sp³-hybridized carbons (Fsp3) is 0.250. The van der Waals surface area contributed by atoms with Crippen LogP contribution in [0.2, 0.25) is 0 Å². The monoisotopic (exact) mass is 285 g/mol. The smallest absolute Gasteiger partial charge is 0.154 e. The van der Waals surface area contributed by atoms with Crippen LogP contribution in [0, 0.1) is 5.82 Å². The van der Waals surface area contributed by atoms with Gasteiger partial charge in [-0.1, -0.05) is 20.8 Å². The fourth-order valence-electron chi connectivity index (χ4n) is 2.07. The molecule has 2 aromatic heterocycles. The van der Waals surface area contributed by atoms with Crippen molar-refractivity contribution < 1.29 is 8.81 Å². The Morgan fingerprint density at radius 2 is 1.86 bits per heavy atom. The van der Waals surface area contributed by atoms with Crippen LogP contribution in [0.1, 0.15) is 26.6 Å². The van der Waals surface area contributed by atoms with Gasteiger partial charge in [0.25, 0.3) is 0 Å². The Bertz CT molecular complexity index is 818. The molecule has 3 aromatic rings. The number of aromatic nitrogens is 2. The lowest BCUT2D eigenvalue weighted by molar-refractivity contribution is 0.544. The van der Waals surface area contributed by atoms with E-state index in [0.717, 1.165) is 0 Å². The Balaban J connectivity index is 2.16. The van der Waals surface area contributed by atoms with Crippen LogP contribution >= 0.6 is 0 Å². The van der Waals surface area contributed by atoms with E-state index in [0.29, 0.717) is 34.1 Å². The maximum absolute atomic E-state index is 13.2. The minimum atomic E-state index is -0.299. The largest absolute Gasteiger partial charge is 0.454 e. The number of rotatable bonds is 1. The van der Waals surface area contributed by atoms with E-state index >= 15 is 0 Å². The predicted molar refractivity (Wildman–Crippen MR) is 80.3 cm³/mol. The Hall–Kier alpha value is -2.43. The molecule has 0 amide bonds.